The van der Waals surface area contributed by atoms with Crippen molar-refractivity contribution >= 4 is 40.3 Å². The van der Waals surface area contributed by atoms with E-state index in [-0.39, 0.29) is 11.9 Å². The van der Waals surface area contributed by atoms with Gasteiger partial charge in [-0.25, -0.2) is 4.98 Å². The van der Waals surface area contributed by atoms with Gasteiger partial charge in [0, 0.05) is 30.8 Å². The van der Waals surface area contributed by atoms with Gasteiger partial charge in [-0.1, -0.05) is 23.4 Å². The normalized spacial score (nSPS) is 15.9. The standard InChI is InChI=1S/C24H28ClN3O4S/c1-30-12-11-28-21-8-6-16(25)13-19(21)26-24(28)33-15-23(29)27-10-4-5-20(27)18-14-17(31-2)7-9-22(18)32-3/h6-9,13-14,20H,4-5,10-12,15H2,1-3H3. The highest BCUT2D eigenvalue weighted by Gasteiger charge is 2.32. The van der Waals surface area contributed by atoms with Crippen LogP contribution in [0.2, 0.25) is 5.02 Å². The van der Waals surface area contributed by atoms with Crippen LogP contribution in [0.5, 0.6) is 11.5 Å². The molecule has 4 rings (SSSR count). The number of carbonyl (C=O) groups excluding carboxylic acids is 1. The fraction of sp³-hybridized carbons (Fsp3) is 0.417. The average Bonchev–Trinajstić information content (AvgIpc) is 3.45. The molecule has 3 aromatic rings. The molecule has 1 atom stereocenters. The van der Waals surface area contributed by atoms with Gasteiger partial charge in [-0.3, -0.25) is 4.79 Å². The summed E-state index contributed by atoms with van der Waals surface area (Å²) in [6, 6.07) is 11.4. The SMILES string of the molecule is COCCn1c(SCC(=O)N2CCCC2c2cc(OC)ccc2OC)nc2cc(Cl)ccc21. The number of imidazole rings is 1. The number of nitrogens with zero attached hydrogens (tertiary/aromatic N) is 3. The van der Waals surface area contributed by atoms with Crippen molar-refractivity contribution in [3.63, 3.8) is 0 Å². The van der Waals surface area contributed by atoms with Crippen LogP contribution in [-0.4, -0.2) is 60.6 Å². The van der Waals surface area contributed by atoms with Crippen LogP contribution in [0.1, 0.15) is 24.4 Å². The first-order valence-electron chi connectivity index (χ1n) is 10.8. The van der Waals surface area contributed by atoms with Gasteiger partial charge in [0.1, 0.15) is 11.5 Å². The van der Waals surface area contributed by atoms with Crippen molar-refractivity contribution in [3.05, 3.63) is 47.0 Å². The molecule has 0 aliphatic carbocycles. The van der Waals surface area contributed by atoms with E-state index < -0.39 is 0 Å². The molecule has 1 unspecified atom stereocenters. The highest BCUT2D eigenvalue weighted by atomic mass is 35.5. The Morgan fingerprint density at radius 2 is 2.03 bits per heavy atom. The lowest BCUT2D eigenvalue weighted by Crippen LogP contribution is -2.32. The molecule has 0 N–H and O–H groups in total. The smallest absolute Gasteiger partial charge is 0.233 e. The predicted octanol–water partition coefficient (Wildman–Crippen LogP) is 4.81. The second kappa shape index (κ2) is 10.7. The number of aromatic nitrogens is 2. The largest absolute Gasteiger partial charge is 0.497 e. The number of amides is 1. The van der Waals surface area contributed by atoms with E-state index >= 15 is 0 Å². The Kier molecular flexibility index (Phi) is 7.67. The van der Waals surface area contributed by atoms with Gasteiger partial charge in [0.25, 0.3) is 0 Å². The molecule has 33 heavy (non-hydrogen) atoms. The van der Waals surface area contributed by atoms with Gasteiger partial charge in [0.05, 0.1) is 43.7 Å². The second-order valence-electron chi connectivity index (χ2n) is 7.81. The molecule has 0 spiro atoms. The van der Waals surface area contributed by atoms with Crippen molar-refractivity contribution in [3.8, 4) is 11.5 Å². The van der Waals surface area contributed by atoms with Crippen LogP contribution in [0.4, 0.5) is 0 Å². The molecular weight excluding hydrogens is 462 g/mol. The highest BCUT2D eigenvalue weighted by Crippen LogP contribution is 2.39. The minimum absolute atomic E-state index is 0.0331. The Bertz CT molecular complexity index is 1140. The van der Waals surface area contributed by atoms with Gasteiger partial charge >= 0.3 is 0 Å². The molecule has 1 aliphatic heterocycles. The monoisotopic (exact) mass is 489 g/mol. The van der Waals surface area contributed by atoms with Crippen LogP contribution in [0, 0.1) is 0 Å². The van der Waals surface area contributed by atoms with E-state index in [0.717, 1.165) is 52.6 Å². The molecule has 2 aromatic carbocycles. The van der Waals surface area contributed by atoms with E-state index in [0.29, 0.717) is 23.9 Å². The van der Waals surface area contributed by atoms with Gasteiger partial charge in [0.2, 0.25) is 5.91 Å². The first kappa shape index (κ1) is 23.7. The van der Waals surface area contributed by atoms with Crippen LogP contribution in [0.3, 0.4) is 0 Å². The molecule has 2 heterocycles. The summed E-state index contributed by atoms with van der Waals surface area (Å²) in [7, 11) is 4.97. The zero-order chi connectivity index (χ0) is 23.4. The zero-order valence-corrected chi connectivity index (χ0v) is 20.6. The molecule has 1 aliphatic rings. The number of ether oxygens (including phenoxy) is 3. The van der Waals surface area contributed by atoms with Crippen molar-refractivity contribution in [1.82, 2.24) is 14.5 Å². The molecule has 1 saturated heterocycles. The fourth-order valence-corrected chi connectivity index (χ4v) is 5.38. The van der Waals surface area contributed by atoms with Gasteiger partial charge in [-0.05, 0) is 49.2 Å². The average molecular weight is 490 g/mol. The van der Waals surface area contributed by atoms with Gasteiger partial charge in [-0.2, -0.15) is 0 Å². The summed E-state index contributed by atoms with van der Waals surface area (Å²) in [4.78, 5) is 20.0. The Balaban J connectivity index is 1.54. The molecule has 1 aromatic heterocycles. The third-order valence-electron chi connectivity index (χ3n) is 5.89. The zero-order valence-electron chi connectivity index (χ0n) is 19.0. The Morgan fingerprint density at radius 1 is 1.18 bits per heavy atom. The van der Waals surface area contributed by atoms with Crippen LogP contribution < -0.4 is 9.47 Å². The van der Waals surface area contributed by atoms with Gasteiger partial charge in [0.15, 0.2) is 5.16 Å². The molecule has 1 fully saturated rings. The topological polar surface area (TPSA) is 65.8 Å². The summed E-state index contributed by atoms with van der Waals surface area (Å²) < 4.78 is 18.3. The molecule has 7 nitrogen and oxygen atoms in total. The molecule has 0 radical (unpaired) electrons. The number of benzene rings is 2. The minimum Gasteiger partial charge on any atom is -0.497 e. The number of rotatable bonds is 9. The van der Waals surface area contributed by atoms with E-state index in [9.17, 15) is 4.79 Å². The van der Waals surface area contributed by atoms with Crippen molar-refractivity contribution in [2.45, 2.75) is 30.6 Å². The number of carbonyl (C=O) groups is 1. The van der Waals surface area contributed by atoms with Crippen molar-refractivity contribution in [1.29, 1.82) is 0 Å². The lowest BCUT2D eigenvalue weighted by atomic mass is 10.0. The van der Waals surface area contributed by atoms with Crippen molar-refractivity contribution in [2.24, 2.45) is 0 Å². The predicted molar refractivity (Wildman–Crippen MR) is 131 cm³/mol. The Morgan fingerprint density at radius 3 is 2.79 bits per heavy atom. The third-order valence-corrected chi connectivity index (χ3v) is 7.08. The van der Waals surface area contributed by atoms with E-state index in [2.05, 4.69) is 4.57 Å². The molecule has 0 bridgehead atoms. The molecule has 9 heteroatoms. The van der Waals surface area contributed by atoms with Gasteiger partial charge in [-0.15, -0.1) is 0 Å². The molecule has 176 valence electrons. The summed E-state index contributed by atoms with van der Waals surface area (Å²) in [6.45, 7) is 1.93. The maximum atomic E-state index is 13.3. The number of methoxy groups -OCH3 is 3. The van der Waals surface area contributed by atoms with E-state index in [1.165, 1.54) is 11.8 Å². The van der Waals surface area contributed by atoms with Crippen molar-refractivity contribution < 1.29 is 19.0 Å². The van der Waals surface area contributed by atoms with Crippen LogP contribution in [0.15, 0.2) is 41.6 Å². The lowest BCUT2D eigenvalue weighted by molar-refractivity contribution is -0.129. The number of hydrogen-bond acceptors (Lipinski definition) is 6. The van der Waals surface area contributed by atoms with E-state index in [4.69, 9.17) is 30.8 Å². The van der Waals surface area contributed by atoms with Crippen LogP contribution in [-0.2, 0) is 16.1 Å². The number of hydrogen-bond donors (Lipinski definition) is 0. The summed E-state index contributed by atoms with van der Waals surface area (Å²) in [5.41, 5.74) is 2.77. The number of halogens is 1. The highest BCUT2D eigenvalue weighted by molar-refractivity contribution is 7.99. The fourth-order valence-electron chi connectivity index (χ4n) is 4.29. The maximum absolute atomic E-state index is 13.3. The summed E-state index contributed by atoms with van der Waals surface area (Å²) in [5.74, 6) is 1.90. The summed E-state index contributed by atoms with van der Waals surface area (Å²) in [5, 5.41) is 1.42. The van der Waals surface area contributed by atoms with Crippen LogP contribution in [0.25, 0.3) is 11.0 Å². The number of likely N-dealkylation sites (tertiary alicyclic amines) is 1. The van der Waals surface area contributed by atoms with E-state index in [1.807, 2.05) is 41.3 Å². The first-order valence-corrected chi connectivity index (χ1v) is 12.2. The second-order valence-corrected chi connectivity index (χ2v) is 9.19. The minimum atomic E-state index is -0.0331. The summed E-state index contributed by atoms with van der Waals surface area (Å²) >= 11 is 7.60. The van der Waals surface area contributed by atoms with E-state index in [1.54, 1.807) is 21.3 Å². The Hall–Kier alpha value is -2.42. The lowest BCUT2D eigenvalue weighted by Gasteiger charge is -2.26. The number of thioether (sulfide) groups is 1. The molecular formula is C24H28ClN3O4S. The quantitative estimate of drug-likeness (QED) is 0.402. The molecule has 0 saturated carbocycles. The van der Waals surface area contributed by atoms with Gasteiger partial charge < -0.3 is 23.7 Å². The van der Waals surface area contributed by atoms with Crippen molar-refractivity contribution in [2.75, 3.05) is 40.2 Å². The summed E-state index contributed by atoms with van der Waals surface area (Å²) in [6.07, 6.45) is 1.84. The maximum Gasteiger partial charge on any atom is 0.233 e. The molecule has 1 amide bonds. The third kappa shape index (κ3) is 5.08. The first-order chi connectivity index (χ1) is 16.0. The number of fused-ring (bicyclic) bond motifs is 1. The Labute approximate surface area is 203 Å². The van der Waals surface area contributed by atoms with Crippen LogP contribution >= 0.6 is 23.4 Å².